The fraction of sp³-hybridized carbons (Fsp3) is 0.857. The lowest BCUT2D eigenvalue weighted by Crippen LogP contribution is -2.61. The third-order valence-electron chi connectivity index (χ3n) is 2.09. The number of ether oxygens (including phenoxy) is 1. The second-order valence-corrected chi connectivity index (χ2v) is 3.03. The number of aliphatic hydroxyl groups is 4. The summed E-state index contributed by atoms with van der Waals surface area (Å²) in [5, 5.41) is 38.9. The smallest absolute Gasteiger partial charge is 0.251 e. The molecule has 5 N–H and O–H groups in total. The van der Waals surface area contributed by atoms with E-state index in [1.807, 2.05) is 0 Å². The second kappa shape index (κ2) is 4.20. The molecule has 1 saturated heterocycles. The van der Waals surface area contributed by atoms with Crippen LogP contribution in [0.4, 0.5) is 0 Å². The van der Waals surface area contributed by atoms with Gasteiger partial charge in [0.15, 0.2) is 12.4 Å². The second-order valence-electron chi connectivity index (χ2n) is 3.03. The molecule has 0 aromatic rings. The van der Waals surface area contributed by atoms with Gasteiger partial charge in [-0.05, 0) is 0 Å². The Morgan fingerprint density at radius 1 is 1.14 bits per heavy atom. The molecule has 82 valence electrons. The first-order valence-corrected chi connectivity index (χ1v) is 4.08. The van der Waals surface area contributed by atoms with E-state index in [4.69, 9.17) is 10.2 Å². The maximum absolute atomic E-state index is 11.1. The molecular formula is C7H13NO6. The van der Waals surface area contributed by atoms with Crippen LogP contribution in [0, 0.1) is 0 Å². The third-order valence-corrected chi connectivity index (χ3v) is 2.09. The number of carbonyl (C=O) groups excluding carboxylic acids is 1. The average Bonchev–Trinajstić information content (AvgIpc) is 2.19. The van der Waals surface area contributed by atoms with E-state index in [0.29, 0.717) is 0 Å². The maximum atomic E-state index is 11.1. The van der Waals surface area contributed by atoms with Crippen LogP contribution in [0.15, 0.2) is 0 Å². The van der Waals surface area contributed by atoms with Crippen molar-refractivity contribution in [3.05, 3.63) is 0 Å². The number of nitrogens with one attached hydrogen (secondary N) is 1. The van der Waals surface area contributed by atoms with Gasteiger partial charge in [-0.3, -0.25) is 4.79 Å². The van der Waals surface area contributed by atoms with E-state index < -0.39 is 36.6 Å². The van der Waals surface area contributed by atoms with E-state index in [2.05, 4.69) is 10.1 Å². The van der Waals surface area contributed by atoms with Crippen LogP contribution < -0.4 is 5.32 Å². The Balaban J connectivity index is 2.75. The van der Waals surface area contributed by atoms with Crippen molar-refractivity contribution in [1.82, 2.24) is 5.32 Å². The molecule has 1 amide bonds. The first kappa shape index (κ1) is 11.3. The minimum absolute atomic E-state index is 0.678. The van der Waals surface area contributed by atoms with Crippen LogP contribution in [-0.2, 0) is 9.53 Å². The first-order valence-electron chi connectivity index (χ1n) is 4.08. The van der Waals surface area contributed by atoms with Gasteiger partial charge in [0.05, 0.1) is 0 Å². The topological polar surface area (TPSA) is 119 Å². The number of amides is 1. The van der Waals surface area contributed by atoms with Gasteiger partial charge in [0.2, 0.25) is 0 Å². The summed E-state index contributed by atoms with van der Waals surface area (Å²) >= 11 is 0. The van der Waals surface area contributed by atoms with E-state index in [0.717, 1.165) is 0 Å². The molecule has 0 saturated carbocycles. The van der Waals surface area contributed by atoms with Crippen LogP contribution in [0.2, 0.25) is 0 Å². The summed E-state index contributed by atoms with van der Waals surface area (Å²) in [6, 6.07) is 0. The largest absolute Gasteiger partial charge is 0.387 e. The SMILES string of the molecule is CNC(=O)C1O[C@@H](O)C(O)[C@H](O)[C@@H]1O. The molecule has 7 heteroatoms. The molecule has 2 unspecified atom stereocenters. The quantitative estimate of drug-likeness (QED) is 0.305. The summed E-state index contributed by atoms with van der Waals surface area (Å²) in [5.74, 6) is -0.678. The Hall–Kier alpha value is -0.730. The predicted molar refractivity (Wildman–Crippen MR) is 43.0 cm³/mol. The Kier molecular flexibility index (Phi) is 3.40. The van der Waals surface area contributed by atoms with Gasteiger partial charge >= 0.3 is 0 Å². The van der Waals surface area contributed by atoms with Gasteiger partial charge in [0.1, 0.15) is 18.3 Å². The van der Waals surface area contributed by atoms with Crippen LogP contribution in [0.5, 0.6) is 0 Å². The summed E-state index contributed by atoms with van der Waals surface area (Å²) in [4.78, 5) is 11.1. The van der Waals surface area contributed by atoms with Crippen LogP contribution >= 0.6 is 0 Å². The van der Waals surface area contributed by atoms with Crippen molar-refractivity contribution in [2.75, 3.05) is 7.05 Å². The summed E-state index contributed by atoms with van der Waals surface area (Å²) in [5.41, 5.74) is 0. The minimum Gasteiger partial charge on any atom is -0.387 e. The molecule has 0 aliphatic carbocycles. The summed E-state index contributed by atoms with van der Waals surface area (Å²) in [7, 11) is 1.32. The van der Waals surface area contributed by atoms with Crippen LogP contribution in [0.1, 0.15) is 0 Å². The van der Waals surface area contributed by atoms with Crippen molar-refractivity contribution in [3.63, 3.8) is 0 Å². The number of likely N-dealkylation sites (N-methyl/N-ethyl adjacent to an activating group) is 1. The third kappa shape index (κ3) is 1.86. The maximum Gasteiger partial charge on any atom is 0.251 e. The molecule has 1 heterocycles. The van der Waals surface area contributed by atoms with E-state index in [1.165, 1.54) is 7.05 Å². The van der Waals surface area contributed by atoms with E-state index >= 15 is 0 Å². The van der Waals surface area contributed by atoms with E-state index in [1.54, 1.807) is 0 Å². The highest BCUT2D eigenvalue weighted by atomic mass is 16.6. The lowest BCUT2D eigenvalue weighted by Gasteiger charge is -2.37. The molecule has 0 spiro atoms. The minimum atomic E-state index is -1.68. The zero-order valence-corrected chi connectivity index (χ0v) is 7.49. The normalized spacial score (nSPS) is 43.4. The van der Waals surface area contributed by atoms with Crippen molar-refractivity contribution < 1.29 is 30.0 Å². The Morgan fingerprint density at radius 3 is 2.21 bits per heavy atom. The van der Waals surface area contributed by atoms with Gasteiger partial charge in [-0.2, -0.15) is 0 Å². The molecule has 1 rings (SSSR count). The van der Waals surface area contributed by atoms with Crippen molar-refractivity contribution in [3.8, 4) is 0 Å². The number of rotatable bonds is 1. The van der Waals surface area contributed by atoms with E-state index in [9.17, 15) is 15.0 Å². The Bertz CT molecular complexity index is 222. The molecule has 1 aliphatic heterocycles. The summed E-state index contributed by atoms with van der Waals surface area (Å²) in [6.07, 6.45) is -7.86. The van der Waals surface area contributed by atoms with Gasteiger partial charge < -0.3 is 30.5 Å². The predicted octanol–water partition coefficient (Wildman–Crippen LogP) is -3.47. The van der Waals surface area contributed by atoms with Crippen molar-refractivity contribution in [1.29, 1.82) is 0 Å². The summed E-state index contributed by atoms with van der Waals surface area (Å²) in [6.45, 7) is 0. The molecule has 0 radical (unpaired) electrons. The standard InChI is InChI=1S/C7H13NO6/c1-8-6(12)5-3(10)2(9)4(11)7(13)14-5/h2-5,7,9-11,13H,1H3,(H,8,12)/t2-,3+,4?,5?,7-/m1/s1. The molecular weight excluding hydrogens is 194 g/mol. The number of carbonyl (C=O) groups is 1. The highest BCUT2D eigenvalue weighted by Crippen LogP contribution is 2.19. The molecule has 0 bridgehead atoms. The number of hydrogen-bond donors (Lipinski definition) is 5. The zero-order chi connectivity index (χ0) is 10.9. The van der Waals surface area contributed by atoms with Gasteiger partial charge in [-0.1, -0.05) is 0 Å². The molecule has 0 aromatic carbocycles. The first-order chi connectivity index (χ1) is 6.49. The van der Waals surface area contributed by atoms with Gasteiger partial charge in [-0.25, -0.2) is 0 Å². The Labute approximate surface area is 79.9 Å². The molecule has 14 heavy (non-hydrogen) atoms. The lowest BCUT2D eigenvalue weighted by atomic mass is 9.98. The molecule has 7 nitrogen and oxygen atoms in total. The fourth-order valence-corrected chi connectivity index (χ4v) is 1.22. The van der Waals surface area contributed by atoms with Gasteiger partial charge in [0, 0.05) is 7.05 Å². The van der Waals surface area contributed by atoms with Gasteiger partial charge in [0.25, 0.3) is 5.91 Å². The van der Waals surface area contributed by atoms with Crippen molar-refractivity contribution in [2.45, 2.75) is 30.7 Å². The zero-order valence-electron chi connectivity index (χ0n) is 7.49. The van der Waals surface area contributed by atoms with Crippen molar-refractivity contribution in [2.24, 2.45) is 0 Å². The van der Waals surface area contributed by atoms with Crippen LogP contribution in [0.3, 0.4) is 0 Å². The molecule has 0 aromatic heterocycles. The molecule has 1 fully saturated rings. The fourth-order valence-electron chi connectivity index (χ4n) is 1.22. The Morgan fingerprint density at radius 2 is 1.71 bits per heavy atom. The van der Waals surface area contributed by atoms with Crippen LogP contribution in [0.25, 0.3) is 0 Å². The van der Waals surface area contributed by atoms with Crippen molar-refractivity contribution >= 4 is 5.91 Å². The number of aliphatic hydroxyl groups excluding tert-OH is 4. The highest BCUT2D eigenvalue weighted by molar-refractivity contribution is 5.81. The average molecular weight is 207 g/mol. The van der Waals surface area contributed by atoms with E-state index in [-0.39, 0.29) is 0 Å². The summed E-state index contributed by atoms with van der Waals surface area (Å²) < 4.78 is 4.62. The number of hydrogen-bond acceptors (Lipinski definition) is 6. The molecule has 1 aliphatic rings. The molecule has 5 atom stereocenters. The lowest BCUT2D eigenvalue weighted by molar-refractivity contribution is -0.275. The monoisotopic (exact) mass is 207 g/mol. The van der Waals surface area contributed by atoms with Crippen LogP contribution in [-0.4, -0.2) is 64.1 Å². The van der Waals surface area contributed by atoms with Gasteiger partial charge in [-0.15, -0.1) is 0 Å². The highest BCUT2D eigenvalue weighted by Gasteiger charge is 2.45.